The van der Waals surface area contributed by atoms with Gasteiger partial charge in [-0.25, -0.2) is 4.79 Å². The summed E-state index contributed by atoms with van der Waals surface area (Å²) < 4.78 is 6.23. The summed E-state index contributed by atoms with van der Waals surface area (Å²) in [6, 6.07) is 11.3. The highest BCUT2D eigenvalue weighted by Crippen LogP contribution is 2.21. The smallest absolute Gasteiger partial charge is 0.337 e. The third-order valence-electron chi connectivity index (χ3n) is 2.66. The molecular formula is C15H11BrClNO4. The molecule has 0 saturated carbocycles. The van der Waals surface area contributed by atoms with Gasteiger partial charge in [0.05, 0.1) is 10.6 Å². The molecule has 2 aromatic rings. The minimum Gasteiger partial charge on any atom is -0.484 e. The van der Waals surface area contributed by atoms with Crippen LogP contribution in [0.15, 0.2) is 46.9 Å². The third kappa shape index (κ3) is 4.47. The molecule has 0 atom stereocenters. The second-order valence-corrected chi connectivity index (χ2v) is 5.61. The van der Waals surface area contributed by atoms with Gasteiger partial charge in [0.2, 0.25) is 0 Å². The van der Waals surface area contributed by atoms with Crippen molar-refractivity contribution in [3.8, 4) is 5.75 Å². The van der Waals surface area contributed by atoms with Gasteiger partial charge in [-0.1, -0.05) is 27.5 Å². The molecule has 0 aliphatic carbocycles. The number of nitrogens with one attached hydrogen (secondary N) is 1. The van der Waals surface area contributed by atoms with Gasteiger partial charge in [-0.3, -0.25) is 4.79 Å². The molecule has 1 amide bonds. The molecule has 0 unspecified atom stereocenters. The Morgan fingerprint density at radius 1 is 1.18 bits per heavy atom. The maximum Gasteiger partial charge on any atom is 0.337 e. The van der Waals surface area contributed by atoms with E-state index in [0.717, 1.165) is 4.47 Å². The summed E-state index contributed by atoms with van der Waals surface area (Å²) >= 11 is 9.06. The van der Waals surface area contributed by atoms with Crippen LogP contribution >= 0.6 is 27.5 Å². The van der Waals surface area contributed by atoms with Gasteiger partial charge in [-0.05, 0) is 42.5 Å². The molecule has 0 heterocycles. The van der Waals surface area contributed by atoms with Gasteiger partial charge in [-0.2, -0.15) is 0 Å². The summed E-state index contributed by atoms with van der Waals surface area (Å²) in [5.41, 5.74) is 0.263. The number of carboxylic acids is 1. The van der Waals surface area contributed by atoms with Gasteiger partial charge in [-0.15, -0.1) is 0 Å². The fraction of sp³-hybridized carbons (Fsp3) is 0.0667. The Bertz CT molecular complexity index is 703. The third-order valence-corrected chi connectivity index (χ3v) is 3.52. The van der Waals surface area contributed by atoms with Crippen LogP contribution in [0.25, 0.3) is 0 Å². The van der Waals surface area contributed by atoms with Crippen molar-refractivity contribution in [1.82, 2.24) is 0 Å². The summed E-state index contributed by atoms with van der Waals surface area (Å²) in [6.45, 7) is -0.188. The van der Waals surface area contributed by atoms with Crippen molar-refractivity contribution in [2.75, 3.05) is 11.9 Å². The van der Waals surface area contributed by atoms with Crippen LogP contribution in [0.2, 0.25) is 5.02 Å². The molecular weight excluding hydrogens is 374 g/mol. The van der Waals surface area contributed by atoms with Crippen molar-refractivity contribution >= 4 is 45.1 Å². The fourth-order valence-corrected chi connectivity index (χ4v) is 2.11. The number of benzene rings is 2. The molecule has 5 nitrogen and oxygen atoms in total. The van der Waals surface area contributed by atoms with E-state index in [4.69, 9.17) is 21.4 Å². The molecule has 0 fully saturated rings. The lowest BCUT2D eigenvalue weighted by atomic mass is 10.2. The summed E-state index contributed by atoms with van der Waals surface area (Å²) in [6.07, 6.45) is 0. The van der Waals surface area contributed by atoms with Gasteiger partial charge in [0.15, 0.2) is 6.61 Å². The maximum absolute atomic E-state index is 11.8. The van der Waals surface area contributed by atoms with E-state index in [9.17, 15) is 9.59 Å². The average molecular weight is 385 g/mol. The van der Waals surface area contributed by atoms with Crippen molar-refractivity contribution in [3.05, 3.63) is 57.5 Å². The molecule has 0 aromatic heterocycles. The second kappa shape index (κ2) is 7.29. The van der Waals surface area contributed by atoms with Crippen LogP contribution in [0.4, 0.5) is 5.69 Å². The first-order valence-electron chi connectivity index (χ1n) is 6.17. The molecule has 0 bridgehead atoms. The minimum atomic E-state index is -1.16. The number of carbonyl (C=O) groups is 2. The van der Waals surface area contributed by atoms with Gasteiger partial charge < -0.3 is 15.2 Å². The highest BCUT2D eigenvalue weighted by Gasteiger charge is 2.11. The minimum absolute atomic E-state index is 0.0757. The van der Waals surface area contributed by atoms with Gasteiger partial charge in [0, 0.05) is 10.2 Å². The Balaban J connectivity index is 1.96. The van der Waals surface area contributed by atoms with Crippen LogP contribution in [-0.4, -0.2) is 23.6 Å². The van der Waals surface area contributed by atoms with Crippen molar-refractivity contribution in [2.45, 2.75) is 0 Å². The largest absolute Gasteiger partial charge is 0.484 e. The van der Waals surface area contributed by atoms with Crippen LogP contribution in [0.1, 0.15) is 10.4 Å². The molecule has 0 saturated heterocycles. The fourth-order valence-electron chi connectivity index (χ4n) is 1.64. The molecule has 7 heteroatoms. The summed E-state index contributed by atoms with van der Waals surface area (Å²) in [4.78, 5) is 22.8. The van der Waals surface area contributed by atoms with E-state index >= 15 is 0 Å². The molecule has 2 N–H and O–H groups in total. The first-order valence-corrected chi connectivity index (χ1v) is 7.34. The molecule has 0 aliphatic rings. The number of aromatic carboxylic acids is 1. The van der Waals surface area contributed by atoms with Crippen molar-refractivity contribution < 1.29 is 19.4 Å². The van der Waals surface area contributed by atoms with Crippen LogP contribution in [-0.2, 0) is 4.79 Å². The first kappa shape index (κ1) is 16.3. The zero-order valence-corrected chi connectivity index (χ0v) is 13.5. The number of amides is 1. The quantitative estimate of drug-likeness (QED) is 0.822. The molecule has 2 aromatic carbocycles. The van der Waals surface area contributed by atoms with E-state index in [1.807, 2.05) is 0 Å². The SMILES string of the molecule is O=C(COc1ccc(Br)cc1)Nc1ccc(Cl)c(C(=O)O)c1. The number of hydrogen-bond acceptors (Lipinski definition) is 3. The Hall–Kier alpha value is -2.05. The molecule has 114 valence electrons. The number of rotatable bonds is 5. The van der Waals surface area contributed by atoms with Gasteiger partial charge in [0.25, 0.3) is 5.91 Å². The molecule has 22 heavy (non-hydrogen) atoms. The van der Waals surface area contributed by atoms with Crippen molar-refractivity contribution in [3.63, 3.8) is 0 Å². The van der Waals surface area contributed by atoms with Gasteiger partial charge >= 0.3 is 5.97 Å². The number of halogens is 2. The molecule has 0 aliphatic heterocycles. The Kier molecular flexibility index (Phi) is 5.41. The number of carboxylic acid groups (broad SMARTS) is 1. The molecule has 0 spiro atoms. The van der Waals surface area contributed by atoms with Crippen LogP contribution < -0.4 is 10.1 Å². The lowest BCUT2D eigenvalue weighted by Gasteiger charge is -2.08. The normalized spacial score (nSPS) is 10.1. The predicted molar refractivity (Wildman–Crippen MR) is 86.7 cm³/mol. The lowest BCUT2D eigenvalue weighted by molar-refractivity contribution is -0.118. The average Bonchev–Trinajstić information content (AvgIpc) is 2.48. The van der Waals surface area contributed by atoms with Crippen LogP contribution in [0.5, 0.6) is 5.75 Å². The summed E-state index contributed by atoms with van der Waals surface area (Å²) in [5.74, 6) is -1.01. The molecule has 2 rings (SSSR count). The highest BCUT2D eigenvalue weighted by atomic mass is 79.9. The van der Waals surface area contributed by atoms with Crippen molar-refractivity contribution in [2.24, 2.45) is 0 Å². The first-order chi connectivity index (χ1) is 10.5. The second-order valence-electron chi connectivity index (χ2n) is 4.29. The van der Waals surface area contributed by atoms with Crippen LogP contribution in [0.3, 0.4) is 0 Å². The van der Waals surface area contributed by atoms with E-state index in [1.165, 1.54) is 18.2 Å². The summed E-state index contributed by atoms with van der Waals surface area (Å²) in [7, 11) is 0. The predicted octanol–water partition coefficient (Wildman–Crippen LogP) is 3.82. The monoisotopic (exact) mass is 383 g/mol. The van der Waals surface area contributed by atoms with E-state index in [1.54, 1.807) is 24.3 Å². The topological polar surface area (TPSA) is 75.6 Å². The van der Waals surface area contributed by atoms with Crippen LogP contribution in [0, 0.1) is 0 Å². The van der Waals surface area contributed by atoms with E-state index in [2.05, 4.69) is 21.2 Å². The number of ether oxygens (including phenoxy) is 1. The maximum atomic E-state index is 11.8. The van der Waals surface area contributed by atoms with E-state index in [-0.39, 0.29) is 17.2 Å². The van der Waals surface area contributed by atoms with Gasteiger partial charge in [0.1, 0.15) is 5.75 Å². The lowest BCUT2D eigenvalue weighted by Crippen LogP contribution is -2.20. The zero-order valence-electron chi connectivity index (χ0n) is 11.2. The zero-order chi connectivity index (χ0) is 16.1. The number of hydrogen-bond donors (Lipinski definition) is 2. The Labute approximate surface area is 140 Å². The van der Waals surface area contributed by atoms with Crippen molar-refractivity contribution in [1.29, 1.82) is 0 Å². The van der Waals surface area contributed by atoms with E-state index in [0.29, 0.717) is 11.4 Å². The Morgan fingerprint density at radius 2 is 1.86 bits per heavy atom. The number of carbonyl (C=O) groups excluding carboxylic acids is 1. The van der Waals surface area contributed by atoms with E-state index < -0.39 is 11.9 Å². The Morgan fingerprint density at radius 3 is 2.50 bits per heavy atom. The summed E-state index contributed by atoms with van der Waals surface area (Å²) in [5, 5.41) is 11.6. The standard InChI is InChI=1S/C15H11BrClNO4/c16-9-1-4-11(5-2-9)22-8-14(19)18-10-3-6-13(17)12(7-10)15(20)21/h1-7H,8H2,(H,18,19)(H,20,21). The number of anilines is 1. The highest BCUT2D eigenvalue weighted by molar-refractivity contribution is 9.10. The molecule has 0 radical (unpaired) electrons.